The zero-order valence-corrected chi connectivity index (χ0v) is 18.1. The van der Waals surface area contributed by atoms with Gasteiger partial charge in [-0.15, -0.1) is 24.0 Å². The second-order valence-electron chi connectivity index (χ2n) is 7.01. The summed E-state index contributed by atoms with van der Waals surface area (Å²) in [7, 11) is 0. The van der Waals surface area contributed by atoms with Crippen molar-refractivity contribution in [3.8, 4) is 0 Å². The molecule has 0 spiro atoms. The predicted octanol–water partition coefficient (Wildman–Crippen LogP) is 2.99. The van der Waals surface area contributed by atoms with E-state index in [2.05, 4.69) is 36.3 Å². The van der Waals surface area contributed by atoms with E-state index in [1.807, 2.05) is 0 Å². The van der Waals surface area contributed by atoms with E-state index < -0.39 is 0 Å². The molecule has 142 valence electrons. The number of ether oxygens (including phenoxy) is 1. The maximum Gasteiger partial charge on any atom is 0.191 e. The van der Waals surface area contributed by atoms with Crippen LogP contribution >= 0.6 is 24.0 Å². The summed E-state index contributed by atoms with van der Waals surface area (Å²) in [5.74, 6) is 0.934. The van der Waals surface area contributed by atoms with Crippen LogP contribution in [0.25, 0.3) is 0 Å². The Morgan fingerprint density at radius 2 is 2.17 bits per heavy atom. The molecular formula is C18H37IN4O. The van der Waals surface area contributed by atoms with Crippen LogP contribution in [0.1, 0.15) is 59.3 Å². The van der Waals surface area contributed by atoms with Gasteiger partial charge in [-0.05, 0) is 39.7 Å². The van der Waals surface area contributed by atoms with Gasteiger partial charge in [-0.2, -0.15) is 0 Å². The Kier molecular flexibility index (Phi) is 11.3. The number of aliphatic imine (C=N–C) groups is 1. The van der Waals surface area contributed by atoms with Crippen molar-refractivity contribution in [2.24, 2.45) is 4.99 Å². The van der Waals surface area contributed by atoms with Gasteiger partial charge in [-0.25, -0.2) is 0 Å². The first kappa shape index (κ1) is 22.0. The van der Waals surface area contributed by atoms with Crippen LogP contribution in [0.2, 0.25) is 0 Å². The molecule has 0 bridgehead atoms. The summed E-state index contributed by atoms with van der Waals surface area (Å²) in [4.78, 5) is 7.34. The molecule has 0 radical (unpaired) electrons. The van der Waals surface area contributed by atoms with Crippen LogP contribution in [-0.2, 0) is 4.74 Å². The van der Waals surface area contributed by atoms with Crippen molar-refractivity contribution in [1.82, 2.24) is 15.5 Å². The molecule has 2 rings (SSSR count). The van der Waals surface area contributed by atoms with E-state index in [9.17, 15) is 0 Å². The van der Waals surface area contributed by atoms with Gasteiger partial charge in [-0.1, -0.05) is 26.2 Å². The van der Waals surface area contributed by atoms with Crippen molar-refractivity contribution in [1.29, 1.82) is 0 Å². The minimum atomic E-state index is 0. The van der Waals surface area contributed by atoms with Crippen molar-refractivity contribution in [3.63, 3.8) is 0 Å². The van der Waals surface area contributed by atoms with E-state index in [0.717, 1.165) is 32.2 Å². The lowest BCUT2D eigenvalue weighted by Gasteiger charge is -2.34. The molecule has 0 amide bonds. The first-order chi connectivity index (χ1) is 11.2. The molecule has 2 aliphatic rings. The number of hydrogen-bond acceptors (Lipinski definition) is 3. The molecule has 2 heterocycles. The summed E-state index contributed by atoms with van der Waals surface area (Å²) in [6, 6.07) is 1.13. The summed E-state index contributed by atoms with van der Waals surface area (Å²) in [5.41, 5.74) is 0. The lowest BCUT2D eigenvalue weighted by molar-refractivity contribution is -0.0432. The van der Waals surface area contributed by atoms with Crippen LogP contribution in [-0.4, -0.2) is 61.8 Å². The zero-order chi connectivity index (χ0) is 16.5. The predicted molar refractivity (Wildman–Crippen MR) is 112 cm³/mol. The Morgan fingerprint density at radius 1 is 1.33 bits per heavy atom. The average molecular weight is 452 g/mol. The fourth-order valence-electron chi connectivity index (χ4n) is 3.52. The van der Waals surface area contributed by atoms with Crippen LogP contribution in [0.4, 0.5) is 0 Å². The number of rotatable bonds is 8. The molecule has 2 aliphatic heterocycles. The molecule has 2 N–H and O–H groups in total. The standard InChI is InChI=1S/C18H36N4O.HI/c1-4-6-7-9-15(3)21-18(19-5-2)20-12-17-13-22-11-8-10-16(22)14-23-17;/h15-17H,4-14H2,1-3H3,(H2,19,20,21);1H. The van der Waals surface area contributed by atoms with Gasteiger partial charge in [0, 0.05) is 25.2 Å². The van der Waals surface area contributed by atoms with Crippen LogP contribution < -0.4 is 10.6 Å². The molecule has 6 heteroatoms. The van der Waals surface area contributed by atoms with E-state index >= 15 is 0 Å². The highest BCUT2D eigenvalue weighted by atomic mass is 127. The number of nitrogens with one attached hydrogen (secondary N) is 2. The fourth-order valence-corrected chi connectivity index (χ4v) is 3.52. The summed E-state index contributed by atoms with van der Waals surface area (Å²) < 4.78 is 6.00. The van der Waals surface area contributed by atoms with Gasteiger partial charge in [0.25, 0.3) is 0 Å². The highest BCUT2D eigenvalue weighted by molar-refractivity contribution is 14.0. The quantitative estimate of drug-likeness (QED) is 0.257. The third kappa shape index (κ3) is 7.44. The minimum absolute atomic E-state index is 0. The van der Waals surface area contributed by atoms with E-state index in [0.29, 0.717) is 12.1 Å². The zero-order valence-electron chi connectivity index (χ0n) is 15.7. The number of fused-ring (bicyclic) bond motifs is 1. The Labute approximate surface area is 165 Å². The molecule has 0 aromatic rings. The Bertz CT molecular complexity index is 367. The Morgan fingerprint density at radius 3 is 2.92 bits per heavy atom. The summed E-state index contributed by atoms with van der Waals surface area (Å²) in [5, 5.41) is 6.89. The Balaban J connectivity index is 0.00000288. The third-order valence-electron chi connectivity index (χ3n) is 4.88. The normalized spacial score (nSPS) is 25.7. The third-order valence-corrected chi connectivity index (χ3v) is 4.88. The molecule has 2 saturated heterocycles. The molecule has 5 nitrogen and oxygen atoms in total. The summed E-state index contributed by atoms with van der Waals surface area (Å²) >= 11 is 0. The first-order valence-electron chi connectivity index (χ1n) is 9.63. The average Bonchev–Trinajstić information content (AvgIpc) is 3.00. The number of nitrogens with zero attached hydrogens (tertiary/aromatic N) is 2. The van der Waals surface area contributed by atoms with Gasteiger partial charge in [0.2, 0.25) is 0 Å². The largest absolute Gasteiger partial charge is 0.373 e. The number of morpholine rings is 1. The molecule has 0 aromatic heterocycles. The second kappa shape index (κ2) is 12.3. The van der Waals surface area contributed by atoms with E-state index in [1.165, 1.54) is 45.1 Å². The molecule has 24 heavy (non-hydrogen) atoms. The number of hydrogen-bond donors (Lipinski definition) is 2. The van der Waals surface area contributed by atoms with Crippen molar-refractivity contribution in [2.45, 2.75) is 77.5 Å². The molecule has 2 fully saturated rings. The topological polar surface area (TPSA) is 48.9 Å². The van der Waals surface area contributed by atoms with Crippen molar-refractivity contribution >= 4 is 29.9 Å². The van der Waals surface area contributed by atoms with E-state index in [1.54, 1.807) is 0 Å². The molecule has 0 aliphatic carbocycles. The Hall–Kier alpha value is -0.0800. The maximum atomic E-state index is 6.00. The lowest BCUT2D eigenvalue weighted by Crippen LogP contribution is -2.48. The number of halogens is 1. The minimum Gasteiger partial charge on any atom is -0.373 e. The van der Waals surface area contributed by atoms with Crippen LogP contribution in [0.15, 0.2) is 4.99 Å². The maximum absolute atomic E-state index is 6.00. The van der Waals surface area contributed by atoms with Crippen molar-refractivity contribution in [3.05, 3.63) is 0 Å². The van der Waals surface area contributed by atoms with E-state index in [-0.39, 0.29) is 30.1 Å². The van der Waals surface area contributed by atoms with Gasteiger partial charge >= 0.3 is 0 Å². The fraction of sp³-hybridized carbons (Fsp3) is 0.944. The SMILES string of the molecule is CCCCCC(C)NC(=NCC1CN2CCCC2CO1)NCC.I. The van der Waals surface area contributed by atoms with Gasteiger partial charge in [-0.3, -0.25) is 9.89 Å². The van der Waals surface area contributed by atoms with Crippen LogP contribution in [0, 0.1) is 0 Å². The van der Waals surface area contributed by atoms with Gasteiger partial charge < -0.3 is 15.4 Å². The second-order valence-corrected chi connectivity index (χ2v) is 7.01. The molecule has 0 aromatic carbocycles. The van der Waals surface area contributed by atoms with Gasteiger partial charge in [0.05, 0.1) is 19.3 Å². The molecule has 0 saturated carbocycles. The van der Waals surface area contributed by atoms with E-state index in [4.69, 9.17) is 9.73 Å². The van der Waals surface area contributed by atoms with Crippen LogP contribution in [0.3, 0.4) is 0 Å². The molecule has 3 atom stereocenters. The summed E-state index contributed by atoms with van der Waals surface area (Å²) in [6.45, 7) is 11.4. The van der Waals surface area contributed by atoms with Crippen molar-refractivity contribution in [2.75, 3.05) is 32.8 Å². The molecular weight excluding hydrogens is 415 g/mol. The molecule has 3 unspecified atom stereocenters. The van der Waals surface area contributed by atoms with Crippen LogP contribution in [0.5, 0.6) is 0 Å². The van der Waals surface area contributed by atoms with Gasteiger partial charge in [0.15, 0.2) is 5.96 Å². The summed E-state index contributed by atoms with van der Waals surface area (Å²) in [6.07, 6.45) is 7.94. The van der Waals surface area contributed by atoms with Crippen molar-refractivity contribution < 1.29 is 4.74 Å². The van der Waals surface area contributed by atoms with Gasteiger partial charge in [0.1, 0.15) is 0 Å². The monoisotopic (exact) mass is 452 g/mol. The lowest BCUT2D eigenvalue weighted by atomic mass is 10.1. The number of guanidine groups is 1. The highest BCUT2D eigenvalue weighted by Crippen LogP contribution is 2.22. The smallest absolute Gasteiger partial charge is 0.191 e. The highest BCUT2D eigenvalue weighted by Gasteiger charge is 2.31. The first-order valence-corrected chi connectivity index (χ1v) is 9.63. The number of unbranched alkanes of at least 4 members (excludes halogenated alkanes) is 2.